The van der Waals surface area contributed by atoms with Crippen molar-refractivity contribution in [3.05, 3.63) is 89.7 Å². The van der Waals surface area contributed by atoms with E-state index in [-0.39, 0.29) is 24.9 Å². The van der Waals surface area contributed by atoms with E-state index < -0.39 is 23.3 Å². The highest BCUT2D eigenvalue weighted by Crippen LogP contribution is 2.51. The van der Waals surface area contributed by atoms with Gasteiger partial charge in [-0.25, -0.2) is 0 Å². The summed E-state index contributed by atoms with van der Waals surface area (Å²) in [6.45, 7) is 7.65. The zero-order valence-electron chi connectivity index (χ0n) is 24.3. The molecular weight excluding hydrogens is 570 g/mol. The highest BCUT2D eigenvalue weighted by atomic mass is 19.4. The molecule has 0 bridgehead atoms. The van der Waals surface area contributed by atoms with Crippen molar-refractivity contribution in [1.29, 1.82) is 0 Å². The van der Waals surface area contributed by atoms with Crippen molar-refractivity contribution in [2.75, 3.05) is 19.6 Å². The van der Waals surface area contributed by atoms with Gasteiger partial charge in [-0.3, -0.25) is 19.6 Å². The Bertz CT molecular complexity index is 1330. The van der Waals surface area contributed by atoms with E-state index in [9.17, 15) is 31.1 Å². The molecule has 1 amide bonds. The highest BCUT2D eigenvalue weighted by Gasteiger charge is 2.68. The number of aromatic nitrogens is 1. The molecule has 1 aliphatic heterocycles. The Kier molecular flexibility index (Phi) is 9.86. The Morgan fingerprint density at radius 3 is 1.91 bits per heavy atom. The molecule has 5 nitrogen and oxygen atoms in total. The monoisotopic (exact) mass is 606 g/mol. The molecule has 0 spiro atoms. The molecule has 0 aliphatic carbocycles. The number of piperazine rings is 1. The first kappa shape index (κ1) is 32.5. The van der Waals surface area contributed by atoms with Crippen molar-refractivity contribution in [2.24, 2.45) is 0 Å². The number of benzene rings is 2. The number of alkyl halides is 6. The molecule has 1 aliphatic rings. The van der Waals surface area contributed by atoms with Gasteiger partial charge < -0.3 is 5.32 Å². The van der Waals surface area contributed by atoms with Crippen molar-refractivity contribution < 1.29 is 31.1 Å². The van der Waals surface area contributed by atoms with Gasteiger partial charge in [0.2, 0.25) is 5.91 Å². The first-order chi connectivity index (χ1) is 20.2. The summed E-state index contributed by atoms with van der Waals surface area (Å²) in [7, 11) is 0. The van der Waals surface area contributed by atoms with Crippen LogP contribution < -0.4 is 5.32 Å². The lowest BCUT2D eigenvalue weighted by Crippen LogP contribution is -2.53. The fourth-order valence-electron chi connectivity index (χ4n) is 5.37. The zero-order chi connectivity index (χ0) is 31.4. The summed E-state index contributed by atoms with van der Waals surface area (Å²) >= 11 is 0. The largest absolute Gasteiger partial charge is 0.406 e. The minimum absolute atomic E-state index is 0.00253. The summed E-state index contributed by atoms with van der Waals surface area (Å²) in [4.78, 5) is 21.3. The third-order valence-corrected chi connectivity index (χ3v) is 7.98. The first-order valence-corrected chi connectivity index (χ1v) is 14.2. The Morgan fingerprint density at radius 1 is 0.837 bits per heavy atom. The molecule has 232 valence electrons. The van der Waals surface area contributed by atoms with Gasteiger partial charge in [0.15, 0.2) is 5.41 Å². The van der Waals surface area contributed by atoms with Crippen molar-refractivity contribution in [2.45, 2.75) is 70.1 Å². The molecule has 1 N–H and O–H groups in total. The maximum Gasteiger partial charge on any atom is 0.406 e. The van der Waals surface area contributed by atoms with Gasteiger partial charge in [0.25, 0.3) is 0 Å². The van der Waals surface area contributed by atoms with Gasteiger partial charge in [0.05, 0.1) is 0 Å². The van der Waals surface area contributed by atoms with E-state index in [1.54, 1.807) is 12.4 Å². The lowest BCUT2D eigenvalue weighted by Gasteiger charge is -2.41. The van der Waals surface area contributed by atoms with Crippen molar-refractivity contribution in [3.8, 4) is 11.1 Å². The van der Waals surface area contributed by atoms with E-state index in [0.29, 0.717) is 37.2 Å². The number of nitrogens with one attached hydrogen (secondary N) is 1. The number of carbonyl (C=O) groups excluding carboxylic acids is 1. The van der Waals surface area contributed by atoms with Crippen LogP contribution in [0.2, 0.25) is 0 Å². The molecule has 0 radical (unpaired) electrons. The van der Waals surface area contributed by atoms with E-state index in [2.05, 4.69) is 20.1 Å². The van der Waals surface area contributed by atoms with E-state index >= 15 is 0 Å². The van der Waals surface area contributed by atoms with Crippen LogP contribution in [0.5, 0.6) is 0 Å². The van der Waals surface area contributed by atoms with Crippen LogP contribution >= 0.6 is 0 Å². The predicted octanol–water partition coefficient (Wildman–Crippen LogP) is 6.73. The Balaban J connectivity index is 1.44. The van der Waals surface area contributed by atoms with Crippen LogP contribution in [-0.4, -0.2) is 64.8 Å². The summed E-state index contributed by atoms with van der Waals surface area (Å²) in [5, 5.41) is 2.98. The summed E-state index contributed by atoms with van der Waals surface area (Å²) in [5.41, 5.74) is -1.48. The van der Waals surface area contributed by atoms with E-state index in [4.69, 9.17) is 0 Å². The lowest BCUT2D eigenvalue weighted by atomic mass is 9.80. The molecule has 2 heterocycles. The smallest absolute Gasteiger partial charge is 0.354 e. The Morgan fingerprint density at radius 2 is 1.37 bits per heavy atom. The average Bonchev–Trinajstić information content (AvgIpc) is 2.93. The summed E-state index contributed by atoms with van der Waals surface area (Å²) < 4.78 is 80.7. The second-order valence-electron chi connectivity index (χ2n) is 11.5. The molecule has 0 unspecified atom stereocenters. The van der Waals surface area contributed by atoms with Crippen LogP contribution in [0.25, 0.3) is 11.1 Å². The number of carbonyl (C=O) groups is 1. The maximum atomic E-state index is 13.5. The molecule has 0 saturated carbocycles. The van der Waals surface area contributed by atoms with Crippen molar-refractivity contribution in [1.82, 2.24) is 20.1 Å². The molecule has 2 aromatic carbocycles. The minimum atomic E-state index is -5.49. The Labute approximate surface area is 247 Å². The normalized spacial score (nSPS) is 17.3. The van der Waals surface area contributed by atoms with Crippen LogP contribution in [0.3, 0.4) is 0 Å². The predicted molar refractivity (Wildman–Crippen MR) is 153 cm³/mol. The quantitative estimate of drug-likeness (QED) is 0.275. The average molecular weight is 607 g/mol. The number of hydrogen-bond donors (Lipinski definition) is 1. The molecule has 11 heteroatoms. The fourth-order valence-corrected chi connectivity index (χ4v) is 5.37. The standard InChI is InChI=1S/C32H36F6N4O/c1-22(2)40-29(43)18-28-21-41(16-17-42(28)20-24-12-14-39-15-13-24)19-23-4-6-25(7-5-23)26-8-10-27(11-9-26)30(3,31(33,34)35)32(36,37)38/h4-15,22,28H,16-21H2,1-3H3,(H,40,43)/t28-/m1/s1. The summed E-state index contributed by atoms with van der Waals surface area (Å²) in [6.07, 6.45) is -7.10. The lowest BCUT2D eigenvalue weighted by molar-refractivity contribution is -0.297. The van der Waals surface area contributed by atoms with Crippen LogP contribution in [0.1, 0.15) is 43.9 Å². The number of halogens is 6. The molecule has 3 aromatic rings. The van der Waals surface area contributed by atoms with E-state index in [1.807, 2.05) is 50.2 Å². The third kappa shape index (κ3) is 7.75. The number of hydrogen-bond acceptors (Lipinski definition) is 4. The highest BCUT2D eigenvalue weighted by molar-refractivity contribution is 5.76. The molecule has 4 rings (SSSR count). The molecule has 1 saturated heterocycles. The van der Waals surface area contributed by atoms with Crippen LogP contribution in [0, 0.1) is 0 Å². The molecule has 43 heavy (non-hydrogen) atoms. The van der Waals surface area contributed by atoms with E-state index in [1.165, 1.54) is 12.1 Å². The number of nitrogens with zero attached hydrogens (tertiary/aromatic N) is 3. The fraction of sp³-hybridized carbons (Fsp3) is 0.438. The molecular formula is C32H36F6N4O. The second kappa shape index (κ2) is 13.1. The number of pyridine rings is 1. The van der Waals surface area contributed by atoms with Gasteiger partial charge >= 0.3 is 12.4 Å². The first-order valence-electron chi connectivity index (χ1n) is 14.2. The number of rotatable bonds is 9. The maximum absolute atomic E-state index is 13.5. The minimum Gasteiger partial charge on any atom is -0.354 e. The van der Waals surface area contributed by atoms with E-state index in [0.717, 1.165) is 36.3 Å². The van der Waals surface area contributed by atoms with Gasteiger partial charge in [0.1, 0.15) is 0 Å². The van der Waals surface area contributed by atoms with Crippen LogP contribution in [0.15, 0.2) is 73.1 Å². The van der Waals surface area contributed by atoms with Gasteiger partial charge in [0, 0.05) is 63.6 Å². The van der Waals surface area contributed by atoms with Gasteiger partial charge in [-0.2, -0.15) is 26.3 Å². The SMILES string of the molecule is CC(C)NC(=O)C[C@@H]1CN(Cc2ccc(-c3ccc(C(C)(C(F)(F)F)C(F)(F)F)cc3)cc2)CCN1Cc1ccncc1. The molecule has 1 fully saturated rings. The second-order valence-corrected chi connectivity index (χ2v) is 11.5. The third-order valence-electron chi connectivity index (χ3n) is 7.98. The summed E-state index contributed by atoms with van der Waals surface area (Å²) in [5.74, 6) is 0.00253. The summed E-state index contributed by atoms with van der Waals surface area (Å²) in [6, 6.07) is 15.8. The van der Waals surface area contributed by atoms with Gasteiger partial charge in [-0.1, -0.05) is 48.5 Å². The Hall–Kier alpha value is -3.44. The molecule has 1 atom stereocenters. The van der Waals surface area contributed by atoms with Crippen molar-refractivity contribution in [3.63, 3.8) is 0 Å². The number of amides is 1. The van der Waals surface area contributed by atoms with Gasteiger partial charge in [-0.05, 0) is 60.7 Å². The van der Waals surface area contributed by atoms with Gasteiger partial charge in [-0.15, -0.1) is 0 Å². The zero-order valence-corrected chi connectivity index (χ0v) is 24.3. The van der Waals surface area contributed by atoms with Crippen molar-refractivity contribution >= 4 is 5.91 Å². The molecule has 1 aromatic heterocycles. The van der Waals surface area contributed by atoms with Crippen LogP contribution in [0.4, 0.5) is 26.3 Å². The van der Waals surface area contributed by atoms with Crippen LogP contribution in [-0.2, 0) is 23.3 Å². The topological polar surface area (TPSA) is 48.5 Å².